The van der Waals surface area contributed by atoms with Crippen LogP contribution in [0.3, 0.4) is 0 Å². The van der Waals surface area contributed by atoms with E-state index in [0.29, 0.717) is 0 Å². The molecule has 1 rings (SSSR count). The molecule has 0 saturated carbocycles. The highest BCUT2D eigenvalue weighted by atomic mass is 19.4. The van der Waals surface area contributed by atoms with Crippen molar-refractivity contribution in [2.45, 2.75) is 6.18 Å². The van der Waals surface area contributed by atoms with Crippen molar-refractivity contribution in [2.24, 2.45) is 4.99 Å². The molecule has 0 saturated heterocycles. The summed E-state index contributed by atoms with van der Waals surface area (Å²) < 4.78 is 35.1. The summed E-state index contributed by atoms with van der Waals surface area (Å²) in [5.74, 6) is -2.08. The van der Waals surface area contributed by atoms with E-state index in [1.807, 2.05) is 0 Å². The summed E-state index contributed by atoms with van der Waals surface area (Å²) in [7, 11) is 0. The van der Waals surface area contributed by atoms with Crippen LogP contribution >= 0.6 is 0 Å². The van der Waals surface area contributed by atoms with Gasteiger partial charge in [-0.2, -0.15) is 13.2 Å². The van der Waals surface area contributed by atoms with E-state index in [4.69, 9.17) is 0 Å². The van der Waals surface area contributed by atoms with Crippen LogP contribution in [0.1, 0.15) is 0 Å². The fraction of sp³-hybridized carbons (Fsp3) is 0.125. The molecule has 5 heteroatoms. The van der Waals surface area contributed by atoms with Crippen LogP contribution in [0.5, 0.6) is 0 Å². The molecule has 2 nitrogen and oxygen atoms in total. The first-order chi connectivity index (χ1) is 6.00. The summed E-state index contributed by atoms with van der Waals surface area (Å²) in [6.07, 6.45) is -4.89. The monoisotopic (exact) mass is 188 g/mol. The predicted molar refractivity (Wildman–Crippen MR) is 39.6 cm³/mol. The smallest absolute Gasteiger partial charge is 0.419 e. The topological polar surface area (TPSA) is 35.4 Å². The molecule has 13 heavy (non-hydrogen) atoms. The molecule has 0 spiro atoms. The van der Waals surface area contributed by atoms with Gasteiger partial charge in [0.15, 0.2) is 0 Å². The van der Waals surface area contributed by atoms with Gasteiger partial charge in [0.1, 0.15) is 0 Å². The van der Waals surface area contributed by atoms with Crippen LogP contribution in [-0.4, -0.2) is 12.1 Å². The number of benzene rings is 1. The lowest BCUT2D eigenvalue weighted by Crippen LogP contribution is -2.34. The lowest BCUT2D eigenvalue weighted by atomic mass is 10.3. The minimum atomic E-state index is -4.89. The van der Waals surface area contributed by atoms with E-state index in [2.05, 4.69) is 4.99 Å². The van der Waals surface area contributed by atoms with Crippen molar-refractivity contribution in [3.8, 4) is 0 Å². The Bertz CT molecular complexity index is 305. The van der Waals surface area contributed by atoms with Crippen molar-refractivity contribution in [1.29, 1.82) is 0 Å². The molecule has 0 atom stereocenters. The molecule has 70 valence electrons. The molecule has 0 aliphatic rings. The molecule has 0 aromatic heterocycles. The third-order valence-electron chi connectivity index (χ3n) is 1.23. The number of hydrogen-bond donors (Lipinski definition) is 0. The summed E-state index contributed by atoms with van der Waals surface area (Å²) >= 11 is 0. The summed E-state index contributed by atoms with van der Waals surface area (Å²) in [5.41, 5.74) is 0.00447. The predicted octanol–water partition coefficient (Wildman–Crippen LogP) is 1.64. The first-order valence-electron chi connectivity index (χ1n) is 3.38. The minimum absolute atomic E-state index is 0.00447. The van der Waals surface area contributed by atoms with Crippen molar-refractivity contribution in [2.75, 3.05) is 0 Å². The maximum atomic E-state index is 11.7. The Balaban J connectivity index is 2.90. The highest BCUT2D eigenvalue weighted by Crippen LogP contribution is 2.18. The van der Waals surface area contributed by atoms with Gasteiger partial charge in [-0.25, -0.2) is 0 Å². The molecule has 0 amide bonds. The highest BCUT2D eigenvalue weighted by Gasteiger charge is 2.27. The highest BCUT2D eigenvalue weighted by molar-refractivity contribution is 5.80. The zero-order chi connectivity index (χ0) is 9.90. The second-order valence-corrected chi connectivity index (χ2v) is 2.25. The van der Waals surface area contributed by atoms with Gasteiger partial charge in [0.2, 0.25) is 0 Å². The third kappa shape index (κ3) is 2.77. The van der Waals surface area contributed by atoms with Crippen LogP contribution < -0.4 is 5.11 Å². The van der Waals surface area contributed by atoms with Crippen molar-refractivity contribution >= 4 is 11.6 Å². The lowest BCUT2D eigenvalue weighted by Gasteiger charge is -2.13. The van der Waals surface area contributed by atoms with Crippen molar-refractivity contribution in [3.63, 3.8) is 0 Å². The molecule has 1 aromatic carbocycles. The van der Waals surface area contributed by atoms with Gasteiger partial charge < -0.3 is 5.11 Å². The van der Waals surface area contributed by atoms with Gasteiger partial charge in [0.25, 0.3) is 0 Å². The van der Waals surface area contributed by atoms with Crippen LogP contribution in [0.15, 0.2) is 35.3 Å². The van der Waals surface area contributed by atoms with Crippen LogP contribution in [0.25, 0.3) is 0 Å². The number of halogens is 3. The second kappa shape index (κ2) is 3.47. The molecule has 0 bridgehead atoms. The quantitative estimate of drug-likeness (QED) is 0.487. The Kier molecular flexibility index (Phi) is 2.55. The molecule has 1 aromatic rings. The molecule has 0 aliphatic heterocycles. The first kappa shape index (κ1) is 9.57. The van der Waals surface area contributed by atoms with Gasteiger partial charge in [0, 0.05) is 0 Å². The standard InChI is InChI=1S/C8H6F3NO/c9-8(10,11)7(13)12-6-4-2-1-3-5-6/h1-5H,(H,12,13)/p-1. The zero-order valence-electron chi connectivity index (χ0n) is 6.38. The SMILES string of the molecule is [O-]C(=Nc1ccccc1)C(F)(F)F. The number of aliphatic imine (C=N–C) groups is 1. The van der Waals surface area contributed by atoms with E-state index in [-0.39, 0.29) is 5.69 Å². The molecule has 0 fully saturated rings. The van der Waals surface area contributed by atoms with E-state index >= 15 is 0 Å². The molecular weight excluding hydrogens is 183 g/mol. The summed E-state index contributed by atoms with van der Waals surface area (Å²) in [6, 6.07) is 7.27. The molecule has 0 N–H and O–H groups in total. The Morgan fingerprint density at radius 2 is 1.69 bits per heavy atom. The summed E-state index contributed by atoms with van der Waals surface area (Å²) in [4.78, 5) is 2.87. The van der Waals surface area contributed by atoms with E-state index in [9.17, 15) is 18.3 Å². The van der Waals surface area contributed by atoms with Gasteiger partial charge in [-0.15, -0.1) is 0 Å². The fourth-order valence-corrected chi connectivity index (χ4v) is 0.683. The first-order valence-corrected chi connectivity index (χ1v) is 3.38. The zero-order valence-corrected chi connectivity index (χ0v) is 6.38. The third-order valence-corrected chi connectivity index (χ3v) is 1.23. The van der Waals surface area contributed by atoms with Gasteiger partial charge in [-0.1, -0.05) is 18.2 Å². The van der Waals surface area contributed by atoms with E-state index in [1.165, 1.54) is 24.3 Å². The largest absolute Gasteiger partial charge is 0.855 e. The Hall–Kier alpha value is -1.52. The molecule has 0 unspecified atom stereocenters. The van der Waals surface area contributed by atoms with E-state index in [1.54, 1.807) is 6.07 Å². The summed E-state index contributed by atoms with van der Waals surface area (Å²) in [5, 5.41) is 10.3. The number of nitrogens with zero attached hydrogens (tertiary/aromatic N) is 1. The number of alkyl halides is 3. The van der Waals surface area contributed by atoms with Crippen molar-refractivity contribution in [3.05, 3.63) is 30.3 Å². The molecule has 0 heterocycles. The number of para-hydroxylation sites is 1. The molecular formula is C8H5F3NO-. The Morgan fingerprint density at radius 3 is 2.15 bits per heavy atom. The van der Waals surface area contributed by atoms with Gasteiger partial charge in [-0.3, -0.25) is 4.99 Å². The maximum Gasteiger partial charge on any atom is 0.419 e. The minimum Gasteiger partial charge on any atom is -0.855 e. The van der Waals surface area contributed by atoms with E-state index in [0.717, 1.165) is 0 Å². The van der Waals surface area contributed by atoms with Gasteiger partial charge in [-0.05, 0) is 12.1 Å². The fourth-order valence-electron chi connectivity index (χ4n) is 0.683. The average molecular weight is 188 g/mol. The maximum absolute atomic E-state index is 11.7. The Labute approximate surface area is 72.3 Å². The Morgan fingerprint density at radius 1 is 1.15 bits per heavy atom. The molecule has 0 radical (unpaired) electrons. The van der Waals surface area contributed by atoms with Crippen LogP contribution in [0.2, 0.25) is 0 Å². The van der Waals surface area contributed by atoms with E-state index < -0.39 is 12.1 Å². The van der Waals surface area contributed by atoms with Crippen LogP contribution in [0, 0.1) is 0 Å². The van der Waals surface area contributed by atoms with Gasteiger partial charge >= 0.3 is 6.18 Å². The number of hydrogen-bond acceptors (Lipinski definition) is 2. The van der Waals surface area contributed by atoms with Crippen LogP contribution in [-0.2, 0) is 0 Å². The van der Waals surface area contributed by atoms with Crippen LogP contribution in [0.4, 0.5) is 18.9 Å². The normalized spacial score (nSPS) is 13.0. The van der Waals surface area contributed by atoms with Crippen molar-refractivity contribution < 1.29 is 18.3 Å². The number of rotatable bonds is 1. The second-order valence-electron chi connectivity index (χ2n) is 2.25. The lowest BCUT2D eigenvalue weighted by molar-refractivity contribution is -0.262. The molecule has 0 aliphatic carbocycles. The van der Waals surface area contributed by atoms with Gasteiger partial charge in [0.05, 0.1) is 11.6 Å². The summed E-state index contributed by atoms with van der Waals surface area (Å²) in [6.45, 7) is 0. The van der Waals surface area contributed by atoms with Crippen molar-refractivity contribution in [1.82, 2.24) is 0 Å². The average Bonchev–Trinajstić information content (AvgIpc) is 2.04.